The van der Waals surface area contributed by atoms with Crippen molar-refractivity contribution in [2.24, 2.45) is 5.92 Å². The van der Waals surface area contributed by atoms with E-state index in [1.807, 2.05) is 35.0 Å². The van der Waals surface area contributed by atoms with Gasteiger partial charge in [0.15, 0.2) is 0 Å². The van der Waals surface area contributed by atoms with E-state index in [2.05, 4.69) is 36.9 Å². The predicted octanol–water partition coefficient (Wildman–Crippen LogP) is 2.82. The SMILES string of the molecule is Nc1nc2cc(CCC3C[C@@H](n4ccc5c(N)ncnc54)C(O)C3O)ccc2cc1Br. The number of fused-ring (bicyclic) bond motifs is 2. The number of aliphatic hydroxyl groups excluding tert-OH is 2. The second-order valence-corrected chi connectivity index (χ2v) is 9.04. The lowest BCUT2D eigenvalue weighted by atomic mass is 9.95. The van der Waals surface area contributed by atoms with Crippen LogP contribution in [0.2, 0.25) is 0 Å². The molecule has 31 heavy (non-hydrogen) atoms. The number of benzene rings is 1. The second-order valence-electron chi connectivity index (χ2n) is 8.18. The number of nitrogens with zero attached hydrogens (tertiary/aromatic N) is 4. The molecular formula is C22H23BrN6O2. The Balaban J connectivity index is 1.34. The predicted molar refractivity (Wildman–Crippen MR) is 123 cm³/mol. The number of rotatable bonds is 4. The highest BCUT2D eigenvalue weighted by molar-refractivity contribution is 9.10. The third-order valence-corrected chi connectivity index (χ3v) is 6.97. The highest BCUT2D eigenvalue weighted by Gasteiger charge is 2.42. The van der Waals surface area contributed by atoms with E-state index >= 15 is 0 Å². The van der Waals surface area contributed by atoms with E-state index in [0.717, 1.165) is 39.2 Å². The van der Waals surface area contributed by atoms with Gasteiger partial charge in [-0.05, 0) is 64.9 Å². The van der Waals surface area contributed by atoms with Gasteiger partial charge in [0.2, 0.25) is 0 Å². The summed E-state index contributed by atoms with van der Waals surface area (Å²) in [6.07, 6.45) is 3.79. The molecule has 1 aromatic carbocycles. The van der Waals surface area contributed by atoms with E-state index in [-0.39, 0.29) is 12.0 Å². The molecule has 3 unspecified atom stereocenters. The summed E-state index contributed by atoms with van der Waals surface area (Å²) in [6, 6.07) is 9.68. The fourth-order valence-corrected chi connectivity index (χ4v) is 4.96. The molecule has 0 radical (unpaired) electrons. The van der Waals surface area contributed by atoms with Gasteiger partial charge in [-0.15, -0.1) is 0 Å². The Hall–Kier alpha value is -2.75. The van der Waals surface area contributed by atoms with Gasteiger partial charge in [-0.25, -0.2) is 15.0 Å². The first kappa shape index (κ1) is 20.2. The number of aliphatic hydroxyl groups is 2. The van der Waals surface area contributed by atoms with Crippen molar-refractivity contribution in [3.05, 3.63) is 52.9 Å². The summed E-state index contributed by atoms with van der Waals surface area (Å²) in [4.78, 5) is 12.8. The molecule has 3 heterocycles. The quantitative estimate of drug-likeness (QED) is 0.351. The molecule has 0 bridgehead atoms. The molecule has 0 amide bonds. The molecule has 1 aliphatic rings. The number of hydrogen-bond donors (Lipinski definition) is 4. The molecule has 1 aliphatic carbocycles. The van der Waals surface area contributed by atoms with Gasteiger partial charge < -0.3 is 26.2 Å². The molecule has 1 saturated carbocycles. The summed E-state index contributed by atoms with van der Waals surface area (Å²) < 4.78 is 2.69. The molecule has 6 N–H and O–H groups in total. The van der Waals surface area contributed by atoms with Gasteiger partial charge in [-0.1, -0.05) is 12.1 Å². The van der Waals surface area contributed by atoms with Crippen molar-refractivity contribution in [3.8, 4) is 0 Å². The van der Waals surface area contributed by atoms with Crippen LogP contribution in [0.25, 0.3) is 21.9 Å². The molecule has 5 rings (SSSR count). The molecule has 0 aliphatic heterocycles. The van der Waals surface area contributed by atoms with Crippen molar-refractivity contribution < 1.29 is 10.2 Å². The van der Waals surface area contributed by atoms with Gasteiger partial charge in [0.1, 0.15) is 29.7 Å². The van der Waals surface area contributed by atoms with Gasteiger partial charge >= 0.3 is 0 Å². The van der Waals surface area contributed by atoms with Crippen LogP contribution in [0.1, 0.15) is 24.4 Å². The molecule has 1 fully saturated rings. The Morgan fingerprint density at radius 3 is 2.74 bits per heavy atom. The average molecular weight is 483 g/mol. The number of pyridine rings is 1. The number of nitrogens with two attached hydrogens (primary N) is 2. The summed E-state index contributed by atoms with van der Waals surface area (Å²) in [5.41, 5.74) is 14.5. The molecule has 4 atom stereocenters. The molecule has 8 nitrogen and oxygen atoms in total. The number of hydrogen-bond acceptors (Lipinski definition) is 7. The monoisotopic (exact) mass is 482 g/mol. The molecule has 0 saturated heterocycles. The van der Waals surface area contributed by atoms with E-state index < -0.39 is 12.2 Å². The Morgan fingerprint density at radius 2 is 1.90 bits per heavy atom. The number of aromatic nitrogens is 4. The highest BCUT2D eigenvalue weighted by atomic mass is 79.9. The summed E-state index contributed by atoms with van der Waals surface area (Å²) in [7, 11) is 0. The maximum atomic E-state index is 10.7. The molecular weight excluding hydrogens is 460 g/mol. The molecule has 0 spiro atoms. The first-order chi connectivity index (χ1) is 14.9. The van der Waals surface area contributed by atoms with Crippen LogP contribution in [0.15, 0.2) is 47.3 Å². The van der Waals surface area contributed by atoms with Crippen LogP contribution in [0.4, 0.5) is 11.6 Å². The summed E-state index contributed by atoms with van der Waals surface area (Å²) >= 11 is 3.41. The van der Waals surface area contributed by atoms with Crippen molar-refractivity contribution in [3.63, 3.8) is 0 Å². The minimum atomic E-state index is -0.868. The van der Waals surface area contributed by atoms with Crippen molar-refractivity contribution >= 4 is 49.5 Å². The van der Waals surface area contributed by atoms with E-state index in [1.54, 1.807) is 0 Å². The number of halogens is 1. The number of anilines is 2. The Morgan fingerprint density at radius 1 is 1.06 bits per heavy atom. The standard InChI is InChI=1S/C22H23BrN6O2/c23-15-8-12-3-1-11(7-16(12)28-21(15)25)2-4-13-9-17(19(31)18(13)30)29-6-5-14-20(24)26-10-27-22(14)29/h1,3,5-8,10,13,17-19,30-31H,2,4,9H2,(H2,25,28)(H2,24,26,27)/t13?,17-,18?,19?/m1/s1. The Bertz CT molecular complexity index is 1280. The van der Waals surface area contributed by atoms with Crippen LogP contribution in [-0.2, 0) is 6.42 Å². The van der Waals surface area contributed by atoms with Crippen molar-refractivity contribution in [1.82, 2.24) is 19.5 Å². The minimum Gasteiger partial charge on any atom is -0.390 e. The van der Waals surface area contributed by atoms with Crippen LogP contribution in [-0.4, -0.2) is 41.9 Å². The minimum absolute atomic E-state index is 0.0322. The van der Waals surface area contributed by atoms with Crippen molar-refractivity contribution in [1.29, 1.82) is 0 Å². The Kier molecular flexibility index (Phi) is 5.04. The molecule has 3 aromatic heterocycles. The van der Waals surface area contributed by atoms with Crippen molar-refractivity contribution in [2.45, 2.75) is 37.5 Å². The van der Waals surface area contributed by atoms with Crippen LogP contribution in [0.5, 0.6) is 0 Å². The van der Waals surface area contributed by atoms with Gasteiger partial charge in [-0.2, -0.15) is 0 Å². The van der Waals surface area contributed by atoms with E-state index in [4.69, 9.17) is 11.5 Å². The molecule has 4 aromatic rings. The molecule has 9 heteroatoms. The van der Waals surface area contributed by atoms with Gasteiger partial charge in [0, 0.05) is 11.6 Å². The third-order valence-electron chi connectivity index (χ3n) is 6.34. The smallest absolute Gasteiger partial charge is 0.145 e. The normalized spacial score (nSPS) is 23.7. The van der Waals surface area contributed by atoms with Gasteiger partial charge in [-0.3, -0.25) is 0 Å². The van der Waals surface area contributed by atoms with Crippen LogP contribution < -0.4 is 11.5 Å². The fraction of sp³-hybridized carbons (Fsp3) is 0.318. The first-order valence-corrected chi connectivity index (χ1v) is 11.0. The highest BCUT2D eigenvalue weighted by Crippen LogP contribution is 2.39. The number of nitrogen functional groups attached to an aromatic ring is 2. The third kappa shape index (κ3) is 3.52. The topological polar surface area (TPSA) is 136 Å². The first-order valence-electron chi connectivity index (χ1n) is 10.2. The zero-order valence-corrected chi connectivity index (χ0v) is 18.3. The zero-order chi connectivity index (χ0) is 21.7. The van der Waals surface area contributed by atoms with Gasteiger partial charge in [0.05, 0.1) is 27.5 Å². The zero-order valence-electron chi connectivity index (χ0n) is 16.7. The van der Waals surface area contributed by atoms with Crippen molar-refractivity contribution in [2.75, 3.05) is 11.5 Å². The molecule has 160 valence electrons. The lowest BCUT2D eigenvalue weighted by Gasteiger charge is -2.19. The Labute approximate surface area is 187 Å². The van der Waals surface area contributed by atoms with E-state index in [0.29, 0.717) is 23.7 Å². The summed E-state index contributed by atoms with van der Waals surface area (Å²) in [5.74, 6) is 0.839. The largest absolute Gasteiger partial charge is 0.390 e. The maximum Gasteiger partial charge on any atom is 0.145 e. The second kappa shape index (κ2) is 7.74. The maximum absolute atomic E-state index is 10.7. The van der Waals surface area contributed by atoms with E-state index in [9.17, 15) is 10.2 Å². The fourth-order valence-electron chi connectivity index (χ4n) is 4.63. The van der Waals surface area contributed by atoms with Crippen LogP contribution in [0.3, 0.4) is 0 Å². The summed E-state index contributed by atoms with van der Waals surface area (Å²) in [6.45, 7) is 0. The van der Waals surface area contributed by atoms with Crippen LogP contribution in [0, 0.1) is 5.92 Å². The average Bonchev–Trinajstić information content (AvgIpc) is 3.30. The lowest BCUT2D eigenvalue weighted by molar-refractivity contribution is 0.00545. The van der Waals surface area contributed by atoms with Crippen LogP contribution >= 0.6 is 15.9 Å². The number of aryl methyl sites for hydroxylation is 1. The summed E-state index contributed by atoms with van der Waals surface area (Å²) in [5, 5.41) is 23.2. The van der Waals surface area contributed by atoms with Gasteiger partial charge in [0.25, 0.3) is 0 Å². The van der Waals surface area contributed by atoms with E-state index in [1.165, 1.54) is 6.33 Å². The lowest BCUT2D eigenvalue weighted by Crippen LogP contribution is -2.29.